The highest BCUT2D eigenvalue weighted by Gasteiger charge is 2.32. The fraction of sp³-hybridized carbons (Fsp3) is 0.333. The predicted molar refractivity (Wildman–Crippen MR) is 86.9 cm³/mol. The molecule has 2 aromatic rings. The number of rotatable bonds is 2. The van der Waals surface area contributed by atoms with E-state index >= 15 is 0 Å². The number of hydrogen-bond donors (Lipinski definition) is 0. The molecule has 3 rings (SSSR count). The standard InChI is InChI=1S/C18H18BrFO/c1-11-5-4-6-13(17(11)20)16(19)12-7-8-15-14(9-12)18(2,3)10-21-15/h4-9,16H,10H2,1-3H3. The Kier molecular flexibility index (Phi) is 3.56. The summed E-state index contributed by atoms with van der Waals surface area (Å²) in [4.78, 5) is -0.154. The van der Waals surface area contributed by atoms with Gasteiger partial charge in [-0.3, -0.25) is 0 Å². The lowest BCUT2D eigenvalue weighted by Crippen LogP contribution is -2.18. The number of hydrogen-bond acceptors (Lipinski definition) is 1. The molecule has 0 radical (unpaired) electrons. The molecule has 1 heterocycles. The van der Waals surface area contributed by atoms with Crippen LogP contribution >= 0.6 is 15.9 Å². The first-order valence-corrected chi connectivity index (χ1v) is 7.98. The quantitative estimate of drug-likeness (QED) is 0.670. The molecular formula is C18H18BrFO. The molecule has 1 unspecified atom stereocenters. The van der Waals surface area contributed by atoms with Gasteiger partial charge in [-0.1, -0.05) is 54.0 Å². The monoisotopic (exact) mass is 348 g/mol. The SMILES string of the molecule is Cc1cccc(C(Br)c2ccc3c(c2)C(C)(C)CO3)c1F. The predicted octanol–water partition coefficient (Wildman–Crippen LogP) is 5.29. The molecule has 0 N–H and O–H groups in total. The highest BCUT2D eigenvalue weighted by Crippen LogP contribution is 2.42. The molecule has 1 atom stereocenters. The van der Waals surface area contributed by atoms with Crippen LogP contribution in [-0.2, 0) is 5.41 Å². The van der Waals surface area contributed by atoms with Crippen molar-refractivity contribution in [2.45, 2.75) is 31.0 Å². The fourth-order valence-electron chi connectivity index (χ4n) is 2.74. The van der Waals surface area contributed by atoms with E-state index in [1.807, 2.05) is 24.3 Å². The fourth-order valence-corrected chi connectivity index (χ4v) is 3.38. The second kappa shape index (κ2) is 5.13. The van der Waals surface area contributed by atoms with Gasteiger partial charge >= 0.3 is 0 Å². The molecule has 2 aromatic carbocycles. The molecule has 110 valence electrons. The minimum absolute atomic E-state index is 0.00319. The van der Waals surface area contributed by atoms with Crippen molar-refractivity contribution >= 4 is 15.9 Å². The molecular weight excluding hydrogens is 331 g/mol. The van der Waals surface area contributed by atoms with Gasteiger partial charge in [0.25, 0.3) is 0 Å². The average Bonchev–Trinajstić information content (AvgIpc) is 2.76. The van der Waals surface area contributed by atoms with Gasteiger partial charge in [0.1, 0.15) is 11.6 Å². The van der Waals surface area contributed by atoms with Crippen LogP contribution in [0.5, 0.6) is 5.75 Å². The number of halogens is 2. The maximum absolute atomic E-state index is 14.3. The minimum Gasteiger partial charge on any atom is -0.492 e. The smallest absolute Gasteiger partial charge is 0.130 e. The Morgan fingerprint density at radius 1 is 1.24 bits per heavy atom. The molecule has 0 bridgehead atoms. The van der Waals surface area contributed by atoms with E-state index in [-0.39, 0.29) is 16.1 Å². The van der Waals surface area contributed by atoms with Crippen LogP contribution in [0.2, 0.25) is 0 Å². The largest absolute Gasteiger partial charge is 0.492 e. The summed E-state index contributed by atoms with van der Waals surface area (Å²) < 4.78 is 20.0. The summed E-state index contributed by atoms with van der Waals surface area (Å²) >= 11 is 3.64. The molecule has 1 aliphatic rings. The summed E-state index contributed by atoms with van der Waals surface area (Å²) in [5, 5.41) is 0. The third-order valence-electron chi connectivity index (χ3n) is 4.11. The van der Waals surface area contributed by atoms with Crippen LogP contribution in [0, 0.1) is 12.7 Å². The molecule has 0 saturated carbocycles. The Balaban J connectivity index is 2.03. The molecule has 0 aromatic heterocycles. The zero-order valence-electron chi connectivity index (χ0n) is 12.4. The van der Waals surface area contributed by atoms with E-state index in [9.17, 15) is 4.39 Å². The third-order valence-corrected chi connectivity index (χ3v) is 5.13. The molecule has 3 heteroatoms. The number of benzene rings is 2. The van der Waals surface area contributed by atoms with Gasteiger partial charge < -0.3 is 4.74 Å². The van der Waals surface area contributed by atoms with Gasteiger partial charge in [0.2, 0.25) is 0 Å². The van der Waals surface area contributed by atoms with E-state index < -0.39 is 0 Å². The highest BCUT2D eigenvalue weighted by atomic mass is 79.9. The Bertz CT molecular complexity index is 694. The van der Waals surface area contributed by atoms with Gasteiger partial charge in [-0.15, -0.1) is 0 Å². The van der Waals surface area contributed by atoms with Crippen molar-refractivity contribution in [3.63, 3.8) is 0 Å². The van der Waals surface area contributed by atoms with E-state index in [0.717, 1.165) is 11.3 Å². The van der Waals surface area contributed by atoms with Gasteiger partial charge in [-0.2, -0.15) is 0 Å². The first-order valence-electron chi connectivity index (χ1n) is 7.06. The maximum atomic E-state index is 14.3. The van der Waals surface area contributed by atoms with Crippen molar-refractivity contribution in [3.8, 4) is 5.75 Å². The van der Waals surface area contributed by atoms with Gasteiger partial charge in [0.15, 0.2) is 0 Å². The van der Waals surface area contributed by atoms with Crippen LogP contribution in [0.25, 0.3) is 0 Å². The van der Waals surface area contributed by atoms with Crippen LogP contribution in [0.4, 0.5) is 4.39 Å². The zero-order valence-corrected chi connectivity index (χ0v) is 14.0. The molecule has 0 fully saturated rings. The van der Waals surface area contributed by atoms with Crippen molar-refractivity contribution in [2.24, 2.45) is 0 Å². The molecule has 1 nitrogen and oxygen atoms in total. The van der Waals surface area contributed by atoms with Crippen molar-refractivity contribution < 1.29 is 9.13 Å². The van der Waals surface area contributed by atoms with E-state index in [1.165, 1.54) is 5.56 Å². The highest BCUT2D eigenvalue weighted by molar-refractivity contribution is 9.09. The lowest BCUT2D eigenvalue weighted by Gasteiger charge is -2.18. The molecule has 0 amide bonds. The second-order valence-corrected chi connectivity index (χ2v) is 7.18. The third kappa shape index (κ3) is 2.48. The van der Waals surface area contributed by atoms with Gasteiger partial charge in [-0.05, 0) is 30.2 Å². The van der Waals surface area contributed by atoms with Gasteiger partial charge in [0, 0.05) is 16.5 Å². The van der Waals surface area contributed by atoms with Crippen molar-refractivity contribution in [3.05, 3.63) is 64.5 Å². The van der Waals surface area contributed by atoms with Crippen molar-refractivity contribution in [1.82, 2.24) is 0 Å². The Morgan fingerprint density at radius 2 is 2.00 bits per heavy atom. The molecule has 0 aliphatic carbocycles. The first-order chi connectivity index (χ1) is 9.90. The van der Waals surface area contributed by atoms with Crippen LogP contribution in [0.3, 0.4) is 0 Å². The summed E-state index contributed by atoms with van der Waals surface area (Å²) in [6, 6.07) is 11.6. The Labute approximate surface area is 133 Å². The van der Waals surface area contributed by atoms with Gasteiger partial charge in [-0.25, -0.2) is 4.39 Å². The lowest BCUT2D eigenvalue weighted by molar-refractivity contribution is 0.291. The minimum atomic E-state index is -0.154. The Hall–Kier alpha value is -1.35. The molecule has 0 spiro atoms. The van der Waals surface area contributed by atoms with Gasteiger partial charge in [0.05, 0.1) is 11.4 Å². The maximum Gasteiger partial charge on any atom is 0.130 e. The van der Waals surface area contributed by atoms with E-state index in [2.05, 4.69) is 35.8 Å². The summed E-state index contributed by atoms with van der Waals surface area (Å²) in [7, 11) is 0. The lowest BCUT2D eigenvalue weighted by atomic mass is 9.85. The average molecular weight is 349 g/mol. The molecule has 21 heavy (non-hydrogen) atoms. The van der Waals surface area contributed by atoms with Crippen LogP contribution in [0.15, 0.2) is 36.4 Å². The topological polar surface area (TPSA) is 9.23 Å². The number of fused-ring (bicyclic) bond motifs is 1. The Morgan fingerprint density at radius 3 is 2.76 bits per heavy atom. The number of alkyl halides is 1. The molecule has 1 aliphatic heterocycles. The number of ether oxygens (including phenoxy) is 1. The van der Waals surface area contributed by atoms with Crippen LogP contribution in [0.1, 0.15) is 40.9 Å². The summed E-state index contributed by atoms with van der Waals surface area (Å²) in [5.41, 5.74) is 3.59. The normalized spacial score (nSPS) is 17.2. The number of aryl methyl sites for hydroxylation is 1. The second-order valence-electron chi connectivity index (χ2n) is 6.27. The summed E-state index contributed by atoms with van der Waals surface area (Å²) in [6.07, 6.45) is 0. The first kappa shape index (κ1) is 14.6. The zero-order chi connectivity index (χ0) is 15.2. The molecule has 0 saturated heterocycles. The van der Waals surface area contributed by atoms with Crippen LogP contribution < -0.4 is 4.74 Å². The van der Waals surface area contributed by atoms with E-state index in [0.29, 0.717) is 17.7 Å². The van der Waals surface area contributed by atoms with E-state index in [4.69, 9.17) is 4.74 Å². The van der Waals surface area contributed by atoms with Crippen molar-refractivity contribution in [1.29, 1.82) is 0 Å². The van der Waals surface area contributed by atoms with Crippen molar-refractivity contribution in [2.75, 3.05) is 6.61 Å². The summed E-state index contributed by atoms with van der Waals surface area (Å²) in [6.45, 7) is 6.81. The van der Waals surface area contributed by atoms with Crippen LogP contribution in [-0.4, -0.2) is 6.61 Å². The van der Waals surface area contributed by atoms with E-state index in [1.54, 1.807) is 13.0 Å². The summed E-state index contributed by atoms with van der Waals surface area (Å²) in [5.74, 6) is 0.795.